The fourth-order valence-corrected chi connectivity index (χ4v) is 4.21. The number of benzene rings is 1. The van der Waals surface area contributed by atoms with Crippen molar-refractivity contribution in [1.82, 2.24) is 9.88 Å². The topological polar surface area (TPSA) is 71.7 Å². The number of nitrogens with zero attached hydrogens (tertiary/aromatic N) is 3. The van der Waals surface area contributed by atoms with Crippen LogP contribution in [-0.4, -0.2) is 48.5 Å². The second kappa shape index (κ2) is 8.07. The molecule has 2 aliphatic heterocycles. The van der Waals surface area contributed by atoms with Gasteiger partial charge in [0.2, 0.25) is 5.91 Å². The van der Waals surface area contributed by atoms with Crippen LogP contribution in [0.15, 0.2) is 36.5 Å². The van der Waals surface area contributed by atoms with Crippen LogP contribution in [0.1, 0.15) is 35.8 Å². The molecule has 0 bridgehead atoms. The fraction of sp³-hybridized carbons (Fsp3) is 0.429. The van der Waals surface area contributed by atoms with Crippen LogP contribution in [-0.2, 0) is 16.1 Å². The van der Waals surface area contributed by atoms with E-state index < -0.39 is 0 Å². The van der Waals surface area contributed by atoms with Gasteiger partial charge < -0.3 is 20.3 Å². The highest BCUT2D eigenvalue weighted by Gasteiger charge is 2.31. The van der Waals surface area contributed by atoms with Gasteiger partial charge in [0.1, 0.15) is 0 Å². The van der Waals surface area contributed by atoms with Gasteiger partial charge in [0.05, 0.1) is 24.3 Å². The molecule has 0 saturated carbocycles. The lowest BCUT2D eigenvalue weighted by atomic mass is 9.97. The molecule has 1 aromatic heterocycles. The van der Waals surface area contributed by atoms with Crippen molar-refractivity contribution < 1.29 is 9.53 Å². The van der Waals surface area contributed by atoms with E-state index in [9.17, 15) is 4.79 Å². The van der Waals surface area contributed by atoms with Gasteiger partial charge in [-0.25, -0.2) is 0 Å². The minimum absolute atomic E-state index is 0.0601. The Bertz CT molecular complexity index is 850. The first kappa shape index (κ1) is 19.2. The van der Waals surface area contributed by atoms with Gasteiger partial charge in [0.15, 0.2) is 0 Å². The van der Waals surface area contributed by atoms with E-state index in [0.717, 1.165) is 24.3 Å². The number of hydrogen-bond acceptors (Lipinski definition) is 5. The lowest BCUT2D eigenvalue weighted by Gasteiger charge is -2.38. The zero-order chi connectivity index (χ0) is 19.7. The molecule has 7 heteroatoms. The maximum atomic E-state index is 13.1. The number of aromatic nitrogens is 1. The molecule has 0 radical (unpaired) electrons. The SMILES string of the molecule is C[C@@H]1OCc2nccc(N3CCN(C(=O)[C@H](CN)c4ccc(Cl)cc4)CC3)c21. The molecule has 1 fully saturated rings. The third-order valence-electron chi connectivity index (χ3n) is 5.66. The summed E-state index contributed by atoms with van der Waals surface area (Å²) in [6.07, 6.45) is 1.91. The van der Waals surface area contributed by atoms with E-state index in [1.165, 1.54) is 11.3 Å². The molecule has 0 unspecified atom stereocenters. The van der Waals surface area contributed by atoms with Crippen LogP contribution in [0.5, 0.6) is 0 Å². The first-order valence-electron chi connectivity index (χ1n) is 9.67. The molecule has 6 nitrogen and oxygen atoms in total. The standard InChI is InChI=1S/C21H25ClN4O2/c1-14-20-18(13-28-14)24-7-6-19(20)25-8-10-26(11-9-25)21(27)17(12-23)15-2-4-16(22)5-3-15/h2-7,14,17H,8-13,23H2,1H3/t14-,17+/m0/s1. The predicted octanol–water partition coefficient (Wildman–Crippen LogP) is 2.72. The molecule has 4 rings (SSSR count). The first-order valence-corrected chi connectivity index (χ1v) is 10.0. The smallest absolute Gasteiger partial charge is 0.231 e. The van der Waals surface area contributed by atoms with Gasteiger partial charge in [-0.2, -0.15) is 0 Å². The molecule has 2 N–H and O–H groups in total. The zero-order valence-electron chi connectivity index (χ0n) is 16.0. The third kappa shape index (κ3) is 3.60. The van der Waals surface area contributed by atoms with Gasteiger partial charge >= 0.3 is 0 Å². The number of nitrogens with two attached hydrogens (primary N) is 1. The number of anilines is 1. The molecular weight excluding hydrogens is 376 g/mol. The Morgan fingerprint density at radius 1 is 1.25 bits per heavy atom. The van der Waals surface area contributed by atoms with Crippen LogP contribution in [0.25, 0.3) is 0 Å². The largest absolute Gasteiger partial charge is 0.368 e. The van der Waals surface area contributed by atoms with Crippen LogP contribution in [0.2, 0.25) is 5.02 Å². The van der Waals surface area contributed by atoms with Crippen molar-refractivity contribution in [3.05, 3.63) is 58.4 Å². The Hall–Kier alpha value is -2.15. The Balaban J connectivity index is 1.45. The Morgan fingerprint density at radius 2 is 1.96 bits per heavy atom. The molecule has 2 aromatic rings. The second-order valence-electron chi connectivity index (χ2n) is 7.30. The van der Waals surface area contributed by atoms with Crippen molar-refractivity contribution in [1.29, 1.82) is 0 Å². The Labute approximate surface area is 170 Å². The number of amides is 1. The van der Waals surface area contributed by atoms with Gasteiger partial charge in [0.25, 0.3) is 0 Å². The van der Waals surface area contributed by atoms with E-state index in [0.29, 0.717) is 24.7 Å². The lowest BCUT2D eigenvalue weighted by Crippen LogP contribution is -2.51. The van der Waals surface area contributed by atoms with E-state index in [-0.39, 0.29) is 24.5 Å². The van der Waals surface area contributed by atoms with Crippen LogP contribution in [0.4, 0.5) is 5.69 Å². The summed E-state index contributed by atoms with van der Waals surface area (Å²) in [6, 6.07) is 9.43. The van der Waals surface area contributed by atoms with Crippen molar-refractivity contribution in [3.8, 4) is 0 Å². The molecule has 0 aliphatic carbocycles. The number of carbonyl (C=O) groups excluding carboxylic acids is 1. The van der Waals surface area contributed by atoms with Crippen molar-refractivity contribution in [2.45, 2.75) is 25.6 Å². The van der Waals surface area contributed by atoms with E-state index in [2.05, 4.69) is 22.9 Å². The lowest BCUT2D eigenvalue weighted by molar-refractivity contribution is -0.132. The summed E-state index contributed by atoms with van der Waals surface area (Å²) < 4.78 is 5.74. The number of ether oxygens (including phenoxy) is 1. The minimum Gasteiger partial charge on any atom is -0.368 e. The van der Waals surface area contributed by atoms with E-state index in [1.54, 1.807) is 12.1 Å². The van der Waals surface area contributed by atoms with Crippen LogP contribution < -0.4 is 10.6 Å². The molecule has 1 amide bonds. The van der Waals surface area contributed by atoms with E-state index in [4.69, 9.17) is 22.1 Å². The molecular formula is C21H25ClN4O2. The number of halogens is 1. The Kier molecular flexibility index (Phi) is 5.53. The van der Waals surface area contributed by atoms with Crippen molar-refractivity contribution >= 4 is 23.2 Å². The van der Waals surface area contributed by atoms with Crippen LogP contribution >= 0.6 is 11.6 Å². The molecule has 0 spiro atoms. The summed E-state index contributed by atoms with van der Waals surface area (Å²) >= 11 is 5.97. The van der Waals surface area contributed by atoms with Gasteiger partial charge in [-0.05, 0) is 30.7 Å². The summed E-state index contributed by atoms with van der Waals surface area (Å²) in [5.74, 6) is -0.247. The van der Waals surface area contributed by atoms with Crippen molar-refractivity contribution in [2.75, 3.05) is 37.6 Å². The molecule has 3 heterocycles. The summed E-state index contributed by atoms with van der Waals surface area (Å²) in [6.45, 7) is 5.84. The molecule has 28 heavy (non-hydrogen) atoms. The molecule has 1 saturated heterocycles. The number of pyridine rings is 1. The van der Waals surface area contributed by atoms with Crippen molar-refractivity contribution in [2.24, 2.45) is 5.73 Å². The first-order chi connectivity index (χ1) is 13.6. The maximum absolute atomic E-state index is 13.1. The second-order valence-corrected chi connectivity index (χ2v) is 7.73. The molecule has 2 aliphatic rings. The highest BCUT2D eigenvalue weighted by Crippen LogP contribution is 2.36. The monoisotopic (exact) mass is 400 g/mol. The predicted molar refractivity (Wildman–Crippen MR) is 109 cm³/mol. The van der Waals surface area contributed by atoms with Gasteiger partial charge in [-0.15, -0.1) is 0 Å². The van der Waals surface area contributed by atoms with Gasteiger partial charge in [0, 0.05) is 55.2 Å². The van der Waals surface area contributed by atoms with E-state index >= 15 is 0 Å². The quantitative estimate of drug-likeness (QED) is 0.854. The number of hydrogen-bond donors (Lipinski definition) is 1. The molecule has 148 valence electrons. The molecule has 2 atom stereocenters. The number of piperazine rings is 1. The Morgan fingerprint density at radius 3 is 2.64 bits per heavy atom. The average molecular weight is 401 g/mol. The number of rotatable bonds is 4. The highest BCUT2D eigenvalue weighted by atomic mass is 35.5. The van der Waals surface area contributed by atoms with Gasteiger partial charge in [-0.1, -0.05) is 23.7 Å². The summed E-state index contributed by atoms with van der Waals surface area (Å²) in [5, 5.41) is 0.656. The summed E-state index contributed by atoms with van der Waals surface area (Å²) in [5.41, 5.74) is 10.2. The van der Waals surface area contributed by atoms with Gasteiger partial charge in [-0.3, -0.25) is 9.78 Å². The molecule has 1 aromatic carbocycles. The summed E-state index contributed by atoms with van der Waals surface area (Å²) in [7, 11) is 0. The normalized spacial score (nSPS) is 20.2. The average Bonchev–Trinajstić information content (AvgIpc) is 3.11. The zero-order valence-corrected chi connectivity index (χ0v) is 16.7. The minimum atomic E-state index is -0.331. The third-order valence-corrected chi connectivity index (χ3v) is 5.92. The van der Waals surface area contributed by atoms with Crippen molar-refractivity contribution in [3.63, 3.8) is 0 Å². The fourth-order valence-electron chi connectivity index (χ4n) is 4.09. The van der Waals surface area contributed by atoms with E-state index in [1.807, 2.05) is 23.2 Å². The summed E-state index contributed by atoms with van der Waals surface area (Å²) in [4.78, 5) is 21.8. The highest BCUT2D eigenvalue weighted by molar-refractivity contribution is 6.30. The number of fused-ring (bicyclic) bond motifs is 1. The number of carbonyl (C=O) groups is 1. The van der Waals surface area contributed by atoms with Crippen LogP contribution in [0.3, 0.4) is 0 Å². The van der Waals surface area contributed by atoms with Crippen LogP contribution in [0, 0.1) is 0 Å². The maximum Gasteiger partial charge on any atom is 0.231 e.